The van der Waals surface area contributed by atoms with E-state index in [2.05, 4.69) is 29.5 Å². The third-order valence-corrected chi connectivity index (χ3v) is 5.41. The van der Waals surface area contributed by atoms with Crippen LogP contribution < -0.4 is 10.6 Å². The Morgan fingerprint density at radius 1 is 1.28 bits per heavy atom. The minimum absolute atomic E-state index is 0.00886. The molecule has 1 fully saturated rings. The molecule has 2 rings (SSSR count). The van der Waals surface area contributed by atoms with Gasteiger partial charge in [-0.1, -0.05) is 38.3 Å². The fourth-order valence-corrected chi connectivity index (χ4v) is 3.62. The Morgan fingerprint density at radius 3 is 2.48 bits per heavy atom. The van der Waals surface area contributed by atoms with Gasteiger partial charge in [0.15, 0.2) is 0 Å². The standard InChI is InChI=1S/C19H30FN3O2/c1-3-23(2)19(11-5-4-6-12-19)14-21-18(25)22-17(13-24)15-7-9-16(20)10-8-15/h7-10,17,24H,3-6,11-14H2,1-2H3,(H2,21,22,25)/t17-/m0/s1. The largest absolute Gasteiger partial charge is 0.394 e. The Labute approximate surface area is 149 Å². The Hall–Kier alpha value is -1.66. The molecule has 0 aliphatic heterocycles. The minimum Gasteiger partial charge on any atom is -0.394 e. The number of carbonyl (C=O) groups is 1. The van der Waals surface area contributed by atoms with Crippen molar-refractivity contribution in [2.75, 3.05) is 26.7 Å². The van der Waals surface area contributed by atoms with Crippen LogP contribution in [0.3, 0.4) is 0 Å². The summed E-state index contributed by atoms with van der Waals surface area (Å²) in [5, 5.41) is 15.3. The zero-order valence-electron chi connectivity index (χ0n) is 15.2. The number of hydrogen-bond donors (Lipinski definition) is 3. The van der Waals surface area contributed by atoms with Crippen LogP contribution in [-0.2, 0) is 0 Å². The molecule has 25 heavy (non-hydrogen) atoms. The molecule has 1 aromatic carbocycles. The van der Waals surface area contributed by atoms with E-state index >= 15 is 0 Å². The molecule has 1 saturated carbocycles. The van der Waals surface area contributed by atoms with Crippen molar-refractivity contribution in [1.82, 2.24) is 15.5 Å². The van der Waals surface area contributed by atoms with Gasteiger partial charge in [0.25, 0.3) is 0 Å². The van der Waals surface area contributed by atoms with Crippen LogP contribution in [0.15, 0.2) is 24.3 Å². The maximum atomic E-state index is 13.0. The maximum Gasteiger partial charge on any atom is 0.315 e. The summed E-state index contributed by atoms with van der Waals surface area (Å²) >= 11 is 0. The molecule has 0 spiro atoms. The zero-order chi connectivity index (χ0) is 18.3. The van der Waals surface area contributed by atoms with Crippen molar-refractivity contribution in [3.05, 3.63) is 35.6 Å². The van der Waals surface area contributed by atoms with Crippen LogP contribution in [0.25, 0.3) is 0 Å². The zero-order valence-corrected chi connectivity index (χ0v) is 15.2. The van der Waals surface area contributed by atoms with Gasteiger partial charge in [-0.15, -0.1) is 0 Å². The van der Waals surface area contributed by atoms with Crippen molar-refractivity contribution in [2.24, 2.45) is 0 Å². The first kappa shape index (κ1) is 19.7. The van der Waals surface area contributed by atoms with Gasteiger partial charge in [-0.05, 0) is 44.1 Å². The Morgan fingerprint density at radius 2 is 1.92 bits per heavy atom. The molecule has 6 heteroatoms. The van der Waals surface area contributed by atoms with Crippen molar-refractivity contribution < 1.29 is 14.3 Å². The fraction of sp³-hybridized carbons (Fsp3) is 0.632. The third-order valence-electron chi connectivity index (χ3n) is 5.41. The maximum absolute atomic E-state index is 13.0. The van der Waals surface area contributed by atoms with Crippen LogP contribution in [0, 0.1) is 5.82 Å². The van der Waals surface area contributed by atoms with Gasteiger partial charge in [0, 0.05) is 12.1 Å². The van der Waals surface area contributed by atoms with E-state index in [0.29, 0.717) is 12.1 Å². The number of halogens is 1. The van der Waals surface area contributed by atoms with Gasteiger partial charge in [0.2, 0.25) is 0 Å². The van der Waals surface area contributed by atoms with Crippen LogP contribution >= 0.6 is 0 Å². The first-order chi connectivity index (χ1) is 12.0. The molecule has 1 aliphatic carbocycles. The van der Waals surface area contributed by atoms with Crippen molar-refractivity contribution in [3.63, 3.8) is 0 Å². The number of nitrogens with zero attached hydrogens (tertiary/aromatic N) is 1. The van der Waals surface area contributed by atoms with Crippen LogP contribution in [0.1, 0.15) is 50.6 Å². The normalized spacial score (nSPS) is 18.0. The van der Waals surface area contributed by atoms with Gasteiger partial charge < -0.3 is 15.7 Å². The highest BCUT2D eigenvalue weighted by Crippen LogP contribution is 2.32. The minimum atomic E-state index is -0.549. The van der Waals surface area contributed by atoms with Crippen molar-refractivity contribution in [3.8, 4) is 0 Å². The molecule has 1 aromatic rings. The van der Waals surface area contributed by atoms with E-state index in [-0.39, 0.29) is 24.0 Å². The lowest BCUT2D eigenvalue weighted by Gasteiger charge is -2.44. The summed E-state index contributed by atoms with van der Waals surface area (Å²) in [6.45, 7) is 3.43. The third kappa shape index (κ3) is 5.16. The smallest absolute Gasteiger partial charge is 0.315 e. The van der Waals surface area contributed by atoms with E-state index in [1.807, 2.05) is 0 Å². The summed E-state index contributed by atoms with van der Waals surface area (Å²) in [4.78, 5) is 14.7. The van der Waals surface area contributed by atoms with Gasteiger partial charge in [-0.25, -0.2) is 9.18 Å². The fourth-order valence-electron chi connectivity index (χ4n) is 3.62. The molecule has 0 heterocycles. The van der Waals surface area contributed by atoms with Gasteiger partial charge >= 0.3 is 6.03 Å². The number of amides is 2. The Kier molecular flexibility index (Phi) is 7.20. The number of likely N-dealkylation sites (N-methyl/N-ethyl adjacent to an activating group) is 1. The van der Waals surface area contributed by atoms with Crippen molar-refractivity contribution >= 4 is 6.03 Å². The lowest BCUT2D eigenvalue weighted by Crippen LogP contribution is -2.56. The summed E-state index contributed by atoms with van der Waals surface area (Å²) < 4.78 is 13.0. The molecular formula is C19H30FN3O2. The lowest BCUT2D eigenvalue weighted by molar-refractivity contribution is 0.0808. The molecule has 2 amide bonds. The number of benzene rings is 1. The number of aliphatic hydroxyl groups is 1. The van der Waals surface area contributed by atoms with Gasteiger partial charge in [-0.3, -0.25) is 4.90 Å². The molecule has 1 aliphatic rings. The quantitative estimate of drug-likeness (QED) is 0.708. The van der Waals surface area contributed by atoms with E-state index < -0.39 is 6.04 Å². The Bertz CT molecular complexity index is 544. The van der Waals surface area contributed by atoms with Crippen LogP contribution in [0.5, 0.6) is 0 Å². The highest BCUT2D eigenvalue weighted by atomic mass is 19.1. The van der Waals surface area contributed by atoms with Gasteiger partial charge in [-0.2, -0.15) is 0 Å². The molecule has 0 radical (unpaired) electrons. The molecule has 1 atom stereocenters. The summed E-state index contributed by atoms with van der Waals surface area (Å²) in [5.41, 5.74) is 0.687. The van der Waals surface area contributed by atoms with Crippen LogP contribution in [0.4, 0.5) is 9.18 Å². The SMILES string of the molecule is CCN(C)C1(CNC(=O)N[C@@H](CO)c2ccc(F)cc2)CCCCC1. The molecular weight excluding hydrogens is 321 g/mol. The second kappa shape index (κ2) is 9.15. The lowest BCUT2D eigenvalue weighted by atomic mass is 9.80. The Balaban J connectivity index is 1.94. The average Bonchev–Trinajstić information content (AvgIpc) is 2.65. The van der Waals surface area contributed by atoms with Crippen molar-refractivity contribution in [1.29, 1.82) is 0 Å². The predicted octanol–water partition coefficient (Wildman–Crippen LogP) is 2.81. The number of aliphatic hydroxyl groups excluding tert-OH is 1. The van der Waals surface area contributed by atoms with Crippen LogP contribution in [0.2, 0.25) is 0 Å². The number of rotatable bonds is 7. The van der Waals surface area contributed by atoms with Crippen molar-refractivity contribution in [2.45, 2.75) is 50.6 Å². The number of carbonyl (C=O) groups excluding carboxylic acids is 1. The molecule has 0 saturated heterocycles. The second-order valence-corrected chi connectivity index (χ2v) is 6.91. The van der Waals surface area contributed by atoms with E-state index in [1.165, 1.54) is 31.4 Å². The van der Waals surface area contributed by atoms with Crippen LogP contribution in [-0.4, -0.2) is 48.3 Å². The summed E-state index contributed by atoms with van der Waals surface area (Å²) in [5.74, 6) is -0.341. The molecule has 5 nitrogen and oxygen atoms in total. The van der Waals surface area contributed by atoms with E-state index in [0.717, 1.165) is 19.4 Å². The highest BCUT2D eigenvalue weighted by Gasteiger charge is 2.35. The van der Waals surface area contributed by atoms with E-state index in [1.54, 1.807) is 12.1 Å². The molecule has 3 N–H and O–H groups in total. The number of nitrogens with one attached hydrogen (secondary N) is 2. The molecule has 0 bridgehead atoms. The van der Waals surface area contributed by atoms with E-state index in [9.17, 15) is 14.3 Å². The van der Waals surface area contributed by atoms with E-state index in [4.69, 9.17) is 0 Å². The highest BCUT2D eigenvalue weighted by molar-refractivity contribution is 5.74. The number of urea groups is 1. The predicted molar refractivity (Wildman–Crippen MR) is 96.9 cm³/mol. The molecule has 140 valence electrons. The number of hydrogen-bond acceptors (Lipinski definition) is 3. The molecule has 0 unspecified atom stereocenters. The van der Waals surface area contributed by atoms with Gasteiger partial charge in [0.1, 0.15) is 5.82 Å². The summed E-state index contributed by atoms with van der Waals surface area (Å²) in [6, 6.07) is 4.94. The van der Waals surface area contributed by atoms with Gasteiger partial charge in [0.05, 0.1) is 12.6 Å². The first-order valence-electron chi connectivity index (χ1n) is 9.12. The summed E-state index contributed by atoms with van der Waals surface area (Å²) in [7, 11) is 2.11. The molecule has 0 aromatic heterocycles. The monoisotopic (exact) mass is 351 g/mol. The first-order valence-corrected chi connectivity index (χ1v) is 9.12. The average molecular weight is 351 g/mol. The summed E-state index contributed by atoms with van der Waals surface area (Å²) in [6.07, 6.45) is 5.78. The topological polar surface area (TPSA) is 64.6 Å². The second-order valence-electron chi connectivity index (χ2n) is 6.91.